The van der Waals surface area contributed by atoms with Crippen molar-refractivity contribution in [2.24, 2.45) is 0 Å². The molecular formula is C24H21P. The van der Waals surface area contributed by atoms with Gasteiger partial charge in [0.2, 0.25) is 0 Å². The summed E-state index contributed by atoms with van der Waals surface area (Å²) in [5.74, 6) is 0. The number of benzene rings is 3. The van der Waals surface area contributed by atoms with Crippen LogP contribution in [0.5, 0.6) is 0 Å². The molecule has 0 nitrogen and oxygen atoms in total. The van der Waals surface area contributed by atoms with Gasteiger partial charge in [-0.05, 0) is 37.5 Å². The molecule has 0 spiro atoms. The Labute approximate surface area is 151 Å². The highest BCUT2D eigenvalue weighted by Crippen LogP contribution is 2.48. The summed E-state index contributed by atoms with van der Waals surface area (Å²) in [5, 5.41) is 2.86. The van der Waals surface area contributed by atoms with E-state index in [0.29, 0.717) is 0 Å². The molecule has 0 saturated heterocycles. The minimum Gasteiger partial charge on any atom is -0.0587 e. The van der Waals surface area contributed by atoms with Crippen LogP contribution >= 0.6 is 8.20 Å². The zero-order valence-electron chi connectivity index (χ0n) is 14.9. The molecule has 0 bridgehead atoms. The van der Waals surface area contributed by atoms with Crippen LogP contribution in [0.3, 0.4) is 0 Å². The number of hydrogen-bond acceptors (Lipinski definition) is 0. The fourth-order valence-electron chi connectivity index (χ4n) is 3.12. The van der Waals surface area contributed by atoms with Crippen LogP contribution in [0.15, 0.2) is 72.8 Å². The van der Waals surface area contributed by atoms with Crippen LogP contribution < -0.4 is 0 Å². The number of allylic oxidation sites excluding steroid dienone is 1. The molecule has 0 unspecified atom stereocenters. The molecule has 0 aromatic heterocycles. The normalized spacial score (nSPS) is 14.1. The molecule has 0 fully saturated rings. The largest absolute Gasteiger partial charge is 0.0587 e. The third-order valence-electron chi connectivity index (χ3n) is 4.69. The van der Waals surface area contributed by atoms with Crippen molar-refractivity contribution in [1.29, 1.82) is 0 Å². The van der Waals surface area contributed by atoms with E-state index in [1.165, 1.54) is 57.8 Å². The van der Waals surface area contributed by atoms with Crippen molar-refractivity contribution < 1.29 is 0 Å². The molecule has 1 aliphatic heterocycles. The lowest BCUT2D eigenvalue weighted by Crippen LogP contribution is -2.10. The quantitative estimate of drug-likeness (QED) is 0.468. The van der Waals surface area contributed by atoms with Crippen molar-refractivity contribution in [3.8, 4) is 0 Å². The van der Waals surface area contributed by atoms with Crippen LogP contribution in [0, 0.1) is 20.8 Å². The third-order valence-corrected chi connectivity index (χ3v) is 6.10. The van der Waals surface area contributed by atoms with Gasteiger partial charge in [-0.3, -0.25) is 0 Å². The van der Waals surface area contributed by atoms with E-state index in [1.807, 2.05) is 0 Å². The molecule has 0 atom stereocenters. The van der Waals surface area contributed by atoms with Gasteiger partial charge in [-0.2, -0.15) is 0 Å². The van der Waals surface area contributed by atoms with Crippen molar-refractivity contribution in [2.45, 2.75) is 20.8 Å². The van der Waals surface area contributed by atoms with Crippen LogP contribution in [0.2, 0.25) is 0 Å². The summed E-state index contributed by atoms with van der Waals surface area (Å²) < 4.78 is 0. The summed E-state index contributed by atoms with van der Waals surface area (Å²) in [6.07, 6.45) is 0. The molecule has 0 aliphatic carbocycles. The summed E-state index contributed by atoms with van der Waals surface area (Å²) in [4.78, 5) is 0. The lowest BCUT2D eigenvalue weighted by Gasteiger charge is -2.25. The first-order chi connectivity index (χ1) is 12.1. The summed E-state index contributed by atoms with van der Waals surface area (Å²) >= 11 is 0. The van der Waals surface area contributed by atoms with Gasteiger partial charge in [0.05, 0.1) is 0 Å². The van der Waals surface area contributed by atoms with E-state index in [9.17, 15) is 0 Å². The Bertz CT molecular complexity index is 970. The SMILES string of the molecule is Cc1ccc(C2=PC(c3ccc(C)cc3)=C2c2ccc(C)cc2)cc1. The van der Waals surface area contributed by atoms with Crippen molar-refractivity contribution in [3.63, 3.8) is 0 Å². The molecular weight excluding hydrogens is 319 g/mol. The molecule has 1 aliphatic rings. The second-order valence-corrected chi connectivity index (χ2v) is 7.90. The maximum atomic E-state index is 2.25. The van der Waals surface area contributed by atoms with Gasteiger partial charge in [0.25, 0.3) is 0 Å². The first-order valence-corrected chi connectivity index (χ1v) is 9.56. The highest BCUT2D eigenvalue weighted by Gasteiger charge is 2.24. The first-order valence-electron chi connectivity index (χ1n) is 8.66. The number of rotatable bonds is 3. The fourth-order valence-corrected chi connectivity index (χ4v) is 4.43. The lowest BCUT2D eigenvalue weighted by molar-refractivity contribution is 1.45. The van der Waals surface area contributed by atoms with E-state index in [0.717, 1.165) is 0 Å². The highest BCUT2D eigenvalue weighted by molar-refractivity contribution is 7.59. The minimum absolute atomic E-state index is 1.30. The van der Waals surface area contributed by atoms with Gasteiger partial charge < -0.3 is 0 Å². The third kappa shape index (κ3) is 3.11. The van der Waals surface area contributed by atoms with Gasteiger partial charge in [0.15, 0.2) is 0 Å². The Morgan fingerprint density at radius 1 is 0.480 bits per heavy atom. The molecule has 1 heteroatoms. The van der Waals surface area contributed by atoms with E-state index in [1.54, 1.807) is 0 Å². The lowest BCUT2D eigenvalue weighted by atomic mass is 9.93. The van der Waals surface area contributed by atoms with Crippen LogP contribution in [0.25, 0.3) is 10.9 Å². The number of hydrogen-bond donors (Lipinski definition) is 0. The van der Waals surface area contributed by atoms with E-state index < -0.39 is 0 Å². The topological polar surface area (TPSA) is 0 Å². The molecule has 3 aromatic carbocycles. The van der Waals surface area contributed by atoms with Crippen LogP contribution in [0.1, 0.15) is 33.4 Å². The molecule has 0 saturated carbocycles. The standard InChI is InChI=1S/C24H21P/c1-16-4-10-19(11-5-16)22-23(20-12-6-17(2)7-13-20)25-24(22)21-14-8-18(3)9-15-21/h4-15H,1-3H3. The van der Waals surface area contributed by atoms with Crippen LogP contribution in [-0.2, 0) is 0 Å². The van der Waals surface area contributed by atoms with E-state index in [2.05, 4.69) is 93.6 Å². The highest BCUT2D eigenvalue weighted by atomic mass is 31.1. The molecule has 4 rings (SSSR count). The van der Waals surface area contributed by atoms with Gasteiger partial charge in [-0.1, -0.05) is 97.7 Å². The first kappa shape index (κ1) is 16.1. The molecule has 3 aromatic rings. The van der Waals surface area contributed by atoms with Crippen LogP contribution in [0.4, 0.5) is 0 Å². The minimum atomic E-state index is 1.30. The molecule has 0 radical (unpaired) electrons. The van der Waals surface area contributed by atoms with E-state index >= 15 is 0 Å². The van der Waals surface area contributed by atoms with Gasteiger partial charge in [0.1, 0.15) is 0 Å². The van der Waals surface area contributed by atoms with Gasteiger partial charge >= 0.3 is 0 Å². The summed E-state index contributed by atoms with van der Waals surface area (Å²) in [6, 6.07) is 26.7. The van der Waals surface area contributed by atoms with E-state index in [-0.39, 0.29) is 0 Å². The van der Waals surface area contributed by atoms with Crippen molar-refractivity contribution in [1.82, 2.24) is 0 Å². The molecule has 1 heterocycles. The molecule has 25 heavy (non-hydrogen) atoms. The Kier molecular flexibility index (Phi) is 4.15. The molecule has 0 amide bonds. The summed E-state index contributed by atoms with van der Waals surface area (Å²) in [5.41, 5.74) is 9.29. The maximum Gasteiger partial charge on any atom is 0.0185 e. The zero-order chi connectivity index (χ0) is 17.4. The molecule has 122 valence electrons. The molecule has 0 N–H and O–H groups in total. The average Bonchev–Trinajstić information content (AvgIpc) is 2.59. The Balaban J connectivity index is 1.81. The predicted octanol–water partition coefficient (Wildman–Crippen LogP) is 6.66. The Morgan fingerprint density at radius 2 is 0.880 bits per heavy atom. The predicted molar refractivity (Wildman–Crippen MR) is 111 cm³/mol. The Morgan fingerprint density at radius 3 is 1.36 bits per heavy atom. The van der Waals surface area contributed by atoms with Gasteiger partial charge in [0, 0.05) is 16.2 Å². The second kappa shape index (κ2) is 6.47. The average molecular weight is 340 g/mol. The van der Waals surface area contributed by atoms with Gasteiger partial charge in [-0.25, -0.2) is 0 Å². The summed E-state index contributed by atoms with van der Waals surface area (Å²) in [7, 11) is 1.32. The smallest absolute Gasteiger partial charge is 0.0185 e. The maximum absolute atomic E-state index is 2.25. The van der Waals surface area contributed by atoms with E-state index in [4.69, 9.17) is 0 Å². The van der Waals surface area contributed by atoms with Crippen molar-refractivity contribution in [2.75, 3.05) is 0 Å². The number of aryl methyl sites for hydroxylation is 3. The fraction of sp³-hybridized carbons (Fsp3) is 0.125. The van der Waals surface area contributed by atoms with Gasteiger partial charge in [-0.15, -0.1) is 0 Å². The summed E-state index contributed by atoms with van der Waals surface area (Å²) in [6.45, 7) is 6.42. The van der Waals surface area contributed by atoms with Crippen molar-refractivity contribution >= 4 is 24.4 Å². The van der Waals surface area contributed by atoms with Crippen molar-refractivity contribution in [3.05, 3.63) is 106 Å². The zero-order valence-corrected chi connectivity index (χ0v) is 15.8. The second-order valence-electron chi connectivity index (χ2n) is 6.78. The Hall–Kier alpha value is -2.43. The monoisotopic (exact) mass is 340 g/mol. The van der Waals surface area contributed by atoms with Crippen LogP contribution in [-0.4, -0.2) is 5.29 Å².